The molecule has 0 bridgehead atoms. The van der Waals surface area contributed by atoms with Gasteiger partial charge in [0.05, 0.1) is 22.7 Å². The molecule has 0 aliphatic carbocycles. The third-order valence-corrected chi connectivity index (χ3v) is 4.92. The van der Waals surface area contributed by atoms with Gasteiger partial charge in [-0.05, 0) is 42.5 Å². The van der Waals surface area contributed by atoms with Crippen molar-refractivity contribution >= 4 is 21.6 Å². The van der Waals surface area contributed by atoms with Crippen LogP contribution in [0.2, 0.25) is 5.02 Å². The highest BCUT2D eigenvalue weighted by Gasteiger charge is 2.37. The Morgan fingerprint density at radius 2 is 1.79 bits per heavy atom. The number of hydrogen-bond acceptors (Lipinski definition) is 5. The van der Waals surface area contributed by atoms with Gasteiger partial charge in [0, 0.05) is 5.56 Å². The van der Waals surface area contributed by atoms with Crippen molar-refractivity contribution in [3.8, 4) is 22.8 Å². The second-order valence-corrected chi connectivity index (χ2v) is 7.53. The molecule has 1 heterocycles. The number of benzene rings is 2. The van der Waals surface area contributed by atoms with Gasteiger partial charge in [0.15, 0.2) is 5.82 Å². The number of aromatic nitrogens is 3. The van der Waals surface area contributed by atoms with Crippen molar-refractivity contribution in [2.45, 2.75) is 11.1 Å². The lowest BCUT2D eigenvalue weighted by molar-refractivity contribution is -0.144. The van der Waals surface area contributed by atoms with Gasteiger partial charge < -0.3 is 4.74 Å². The molecule has 0 radical (unpaired) electrons. The third kappa shape index (κ3) is 3.96. The quantitative estimate of drug-likeness (QED) is 0.682. The SMILES string of the molecule is COc1cc(-c2nc(C(F)(F)F)nn2-c2ccc(S(N)(=O)=O)cc2)ccc1Cl. The zero-order valence-corrected chi connectivity index (χ0v) is 15.7. The molecule has 7 nitrogen and oxygen atoms in total. The molecule has 0 fully saturated rings. The first kappa shape index (κ1) is 20.1. The monoisotopic (exact) mass is 432 g/mol. The Kier molecular flexibility index (Phi) is 5.08. The van der Waals surface area contributed by atoms with Crippen molar-refractivity contribution in [3.63, 3.8) is 0 Å². The molecular formula is C16H12ClF3N4O3S. The topological polar surface area (TPSA) is 100 Å². The summed E-state index contributed by atoms with van der Waals surface area (Å²) in [5.74, 6) is -1.25. The van der Waals surface area contributed by atoms with Gasteiger partial charge in [0.1, 0.15) is 5.75 Å². The van der Waals surface area contributed by atoms with Crippen molar-refractivity contribution < 1.29 is 26.3 Å². The molecule has 1 aromatic heterocycles. The van der Waals surface area contributed by atoms with Crippen LogP contribution in [0.15, 0.2) is 47.4 Å². The second kappa shape index (κ2) is 7.08. The molecule has 148 valence electrons. The summed E-state index contributed by atoms with van der Waals surface area (Å²) < 4.78 is 68.3. The Morgan fingerprint density at radius 1 is 1.14 bits per heavy atom. The van der Waals surface area contributed by atoms with E-state index in [0.717, 1.165) is 16.8 Å². The molecule has 28 heavy (non-hydrogen) atoms. The van der Waals surface area contributed by atoms with Gasteiger partial charge in [-0.2, -0.15) is 13.2 Å². The van der Waals surface area contributed by atoms with E-state index >= 15 is 0 Å². The normalized spacial score (nSPS) is 12.2. The van der Waals surface area contributed by atoms with Crippen molar-refractivity contribution in [2.24, 2.45) is 5.14 Å². The molecule has 0 saturated carbocycles. The van der Waals surface area contributed by atoms with Gasteiger partial charge >= 0.3 is 6.18 Å². The molecule has 3 rings (SSSR count). The predicted molar refractivity (Wildman–Crippen MR) is 94.7 cm³/mol. The summed E-state index contributed by atoms with van der Waals surface area (Å²) in [5.41, 5.74) is 0.416. The first-order chi connectivity index (χ1) is 13.0. The molecule has 0 spiro atoms. The minimum Gasteiger partial charge on any atom is -0.495 e. The number of methoxy groups -OCH3 is 1. The number of alkyl halides is 3. The van der Waals surface area contributed by atoms with Crippen LogP contribution in [0.25, 0.3) is 17.1 Å². The molecule has 0 amide bonds. The number of rotatable bonds is 4. The molecule has 0 aliphatic heterocycles. The fourth-order valence-electron chi connectivity index (χ4n) is 2.37. The summed E-state index contributed by atoms with van der Waals surface area (Å²) >= 11 is 5.96. The lowest BCUT2D eigenvalue weighted by atomic mass is 10.2. The summed E-state index contributed by atoms with van der Waals surface area (Å²) in [4.78, 5) is 3.40. The number of nitrogens with two attached hydrogens (primary N) is 1. The maximum absolute atomic E-state index is 13.2. The molecule has 0 aliphatic rings. The first-order valence-electron chi connectivity index (χ1n) is 7.52. The number of halogens is 4. The Morgan fingerprint density at radius 3 is 2.32 bits per heavy atom. The number of nitrogens with zero attached hydrogens (tertiary/aromatic N) is 3. The highest BCUT2D eigenvalue weighted by molar-refractivity contribution is 7.89. The number of ether oxygens (including phenoxy) is 1. The van der Waals surface area contributed by atoms with Crippen molar-refractivity contribution in [1.82, 2.24) is 14.8 Å². The standard InChI is InChI=1S/C16H12ClF3N4O3S/c1-27-13-8-9(2-7-12(13)17)14-22-15(16(18,19)20)23-24(14)10-3-5-11(6-4-10)28(21,25)26/h2-8H,1H3,(H2,21,25,26). The average Bonchev–Trinajstić information content (AvgIpc) is 3.07. The second-order valence-electron chi connectivity index (χ2n) is 5.56. The molecular weight excluding hydrogens is 421 g/mol. The maximum atomic E-state index is 13.2. The molecule has 2 N–H and O–H groups in total. The summed E-state index contributed by atoms with van der Waals surface area (Å²) in [5, 5.41) is 8.83. The van der Waals surface area contributed by atoms with E-state index in [-0.39, 0.29) is 32.7 Å². The Balaban J connectivity index is 2.19. The van der Waals surface area contributed by atoms with Crippen LogP contribution >= 0.6 is 11.6 Å². The van der Waals surface area contributed by atoms with E-state index in [0.29, 0.717) is 0 Å². The summed E-state index contributed by atoms with van der Waals surface area (Å²) in [6.45, 7) is 0. The van der Waals surface area contributed by atoms with Gasteiger partial charge in [-0.25, -0.2) is 23.2 Å². The van der Waals surface area contributed by atoms with Crippen molar-refractivity contribution in [3.05, 3.63) is 53.3 Å². The lowest BCUT2D eigenvalue weighted by Gasteiger charge is -2.09. The van der Waals surface area contributed by atoms with Crippen LogP contribution in [-0.2, 0) is 16.2 Å². The van der Waals surface area contributed by atoms with E-state index in [9.17, 15) is 21.6 Å². The molecule has 2 aromatic carbocycles. The van der Waals surface area contributed by atoms with Crippen LogP contribution in [0, 0.1) is 0 Å². The van der Waals surface area contributed by atoms with Crippen LogP contribution < -0.4 is 9.88 Å². The molecule has 3 aromatic rings. The number of hydrogen-bond donors (Lipinski definition) is 1. The fourth-order valence-corrected chi connectivity index (χ4v) is 3.09. The van der Waals surface area contributed by atoms with E-state index in [4.69, 9.17) is 21.5 Å². The van der Waals surface area contributed by atoms with Gasteiger partial charge in [-0.3, -0.25) is 0 Å². The predicted octanol–water partition coefficient (Wildman–Crippen LogP) is 3.26. The maximum Gasteiger partial charge on any atom is 0.453 e. The summed E-state index contributed by atoms with van der Waals surface area (Å²) in [7, 11) is -2.59. The van der Waals surface area contributed by atoms with Gasteiger partial charge in [-0.15, -0.1) is 5.10 Å². The van der Waals surface area contributed by atoms with E-state index < -0.39 is 22.0 Å². The smallest absolute Gasteiger partial charge is 0.453 e. The highest BCUT2D eigenvalue weighted by Crippen LogP contribution is 2.33. The van der Waals surface area contributed by atoms with Crippen LogP contribution in [0.5, 0.6) is 5.75 Å². The fraction of sp³-hybridized carbons (Fsp3) is 0.125. The first-order valence-corrected chi connectivity index (χ1v) is 9.44. The van der Waals surface area contributed by atoms with Crippen molar-refractivity contribution in [1.29, 1.82) is 0 Å². The van der Waals surface area contributed by atoms with E-state index in [1.807, 2.05) is 0 Å². The molecule has 0 atom stereocenters. The largest absolute Gasteiger partial charge is 0.495 e. The summed E-state index contributed by atoms with van der Waals surface area (Å²) in [6.07, 6.45) is -4.78. The number of sulfonamides is 1. The van der Waals surface area contributed by atoms with E-state index in [1.54, 1.807) is 0 Å². The zero-order chi connectivity index (χ0) is 20.7. The Bertz CT molecular complexity index is 1130. The Hall–Kier alpha value is -2.63. The molecule has 0 saturated heterocycles. The zero-order valence-electron chi connectivity index (χ0n) is 14.1. The molecule has 12 heteroatoms. The van der Waals surface area contributed by atoms with E-state index in [1.165, 1.54) is 37.4 Å². The van der Waals surface area contributed by atoms with Gasteiger partial charge in [0.2, 0.25) is 10.0 Å². The highest BCUT2D eigenvalue weighted by atomic mass is 35.5. The van der Waals surface area contributed by atoms with Gasteiger partial charge in [0.25, 0.3) is 5.82 Å². The van der Waals surface area contributed by atoms with Crippen LogP contribution in [-0.4, -0.2) is 30.3 Å². The minimum absolute atomic E-state index is 0.134. The van der Waals surface area contributed by atoms with Crippen molar-refractivity contribution in [2.75, 3.05) is 7.11 Å². The lowest BCUT2D eigenvalue weighted by Crippen LogP contribution is -2.12. The average molecular weight is 433 g/mol. The third-order valence-electron chi connectivity index (χ3n) is 3.68. The van der Waals surface area contributed by atoms with Crippen LogP contribution in [0.3, 0.4) is 0 Å². The summed E-state index contributed by atoms with van der Waals surface area (Å²) in [6, 6.07) is 9.19. The van der Waals surface area contributed by atoms with E-state index in [2.05, 4.69) is 10.1 Å². The van der Waals surface area contributed by atoms with Crippen LogP contribution in [0.4, 0.5) is 13.2 Å². The minimum atomic E-state index is -4.78. The number of primary sulfonamides is 1. The van der Waals surface area contributed by atoms with Crippen LogP contribution in [0.1, 0.15) is 5.82 Å². The van der Waals surface area contributed by atoms with Gasteiger partial charge in [-0.1, -0.05) is 11.6 Å². The molecule has 0 unspecified atom stereocenters. The Labute approximate surface area is 162 Å².